The molecular weight excluding hydrogens is 332 g/mol. The van der Waals surface area contributed by atoms with E-state index in [2.05, 4.69) is 46.8 Å². The van der Waals surface area contributed by atoms with Crippen molar-refractivity contribution in [2.75, 3.05) is 6.61 Å². The summed E-state index contributed by atoms with van der Waals surface area (Å²) in [5, 5.41) is 0. The predicted molar refractivity (Wildman–Crippen MR) is 110 cm³/mol. The van der Waals surface area contributed by atoms with E-state index in [1.165, 1.54) is 53.5 Å². The highest BCUT2D eigenvalue weighted by Gasteiger charge is 2.61. The molecule has 2 atom stereocenters. The van der Waals surface area contributed by atoms with E-state index >= 15 is 0 Å². The third-order valence-electron chi connectivity index (χ3n) is 7.70. The van der Waals surface area contributed by atoms with E-state index in [-0.39, 0.29) is 22.2 Å². The standard InChI is InChI=1S/C25H34O2/c1-7-27-22(26)13-17-8-9-18-15-25(17,18)19-14-21-20(12-16(19)2)23(3,4)10-11-24(21,5)6/h12-14,18H,7-11,15H2,1-6H3. The van der Waals surface area contributed by atoms with E-state index in [0.29, 0.717) is 12.5 Å². The number of ether oxygens (including phenoxy) is 1. The Morgan fingerprint density at radius 1 is 1.11 bits per heavy atom. The molecule has 2 saturated carbocycles. The van der Waals surface area contributed by atoms with Gasteiger partial charge in [0.2, 0.25) is 0 Å². The van der Waals surface area contributed by atoms with Gasteiger partial charge in [0, 0.05) is 11.5 Å². The van der Waals surface area contributed by atoms with Crippen LogP contribution < -0.4 is 0 Å². The van der Waals surface area contributed by atoms with Gasteiger partial charge >= 0.3 is 5.97 Å². The summed E-state index contributed by atoms with van der Waals surface area (Å²) in [6.45, 7) is 14.2. The third-order valence-corrected chi connectivity index (χ3v) is 7.70. The summed E-state index contributed by atoms with van der Waals surface area (Å²) in [6.07, 6.45) is 7.72. The molecule has 0 N–H and O–H groups in total. The molecule has 0 aromatic heterocycles. The van der Waals surface area contributed by atoms with Gasteiger partial charge in [-0.15, -0.1) is 0 Å². The number of benzene rings is 1. The first-order valence-electron chi connectivity index (χ1n) is 10.7. The van der Waals surface area contributed by atoms with Crippen LogP contribution in [0.5, 0.6) is 0 Å². The minimum absolute atomic E-state index is 0.101. The fraction of sp³-hybridized carbons (Fsp3) is 0.640. The zero-order chi connectivity index (χ0) is 19.6. The van der Waals surface area contributed by atoms with Crippen LogP contribution in [0.2, 0.25) is 0 Å². The molecule has 2 unspecified atom stereocenters. The average Bonchev–Trinajstić information content (AvgIpc) is 3.22. The number of carbonyl (C=O) groups is 1. The van der Waals surface area contributed by atoms with Gasteiger partial charge in [0.15, 0.2) is 0 Å². The summed E-state index contributed by atoms with van der Waals surface area (Å²) in [5.74, 6) is 0.533. The topological polar surface area (TPSA) is 26.3 Å². The van der Waals surface area contributed by atoms with Gasteiger partial charge in [0.1, 0.15) is 0 Å². The maximum absolute atomic E-state index is 12.1. The summed E-state index contributed by atoms with van der Waals surface area (Å²) in [6, 6.07) is 4.99. The molecule has 2 heteroatoms. The molecule has 2 fully saturated rings. The van der Waals surface area contributed by atoms with Gasteiger partial charge in [0.05, 0.1) is 6.61 Å². The summed E-state index contributed by atoms with van der Waals surface area (Å²) in [7, 11) is 0. The van der Waals surface area contributed by atoms with Crippen LogP contribution in [0.25, 0.3) is 0 Å². The summed E-state index contributed by atoms with van der Waals surface area (Å²) >= 11 is 0. The molecule has 3 aliphatic rings. The second-order valence-corrected chi connectivity index (χ2v) is 10.3. The number of hydrogen-bond acceptors (Lipinski definition) is 2. The van der Waals surface area contributed by atoms with Gasteiger partial charge in [0.25, 0.3) is 0 Å². The molecule has 0 spiro atoms. The Morgan fingerprint density at radius 2 is 1.74 bits per heavy atom. The summed E-state index contributed by atoms with van der Waals surface area (Å²) in [4.78, 5) is 12.1. The molecule has 0 aliphatic heterocycles. The molecule has 0 amide bonds. The van der Waals surface area contributed by atoms with Gasteiger partial charge < -0.3 is 4.74 Å². The fourth-order valence-corrected chi connectivity index (χ4v) is 5.86. The number of carbonyl (C=O) groups excluding carboxylic acids is 1. The number of rotatable bonds is 3. The van der Waals surface area contributed by atoms with Crippen molar-refractivity contribution in [2.45, 2.75) is 89.9 Å². The van der Waals surface area contributed by atoms with Crippen molar-refractivity contribution >= 4 is 5.97 Å². The Morgan fingerprint density at radius 3 is 2.33 bits per heavy atom. The maximum atomic E-state index is 12.1. The molecule has 0 heterocycles. The van der Waals surface area contributed by atoms with E-state index in [1.54, 1.807) is 0 Å². The number of fused-ring (bicyclic) bond motifs is 2. The monoisotopic (exact) mass is 366 g/mol. The smallest absolute Gasteiger partial charge is 0.330 e. The van der Waals surface area contributed by atoms with Crippen LogP contribution in [-0.4, -0.2) is 12.6 Å². The lowest BCUT2D eigenvalue weighted by Gasteiger charge is -2.43. The molecule has 2 nitrogen and oxygen atoms in total. The SMILES string of the molecule is CCOC(=O)C=C1CCC2CC12c1cc2c(cc1C)C(C)(C)CCC2(C)C. The number of aryl methyl sites for hydroxylation is 1. The molecule has 3 aliphatic carbocycles. The maximum Gasteiger partial charge on any atom is 0.330 e. The van der Waals surface area contributed by atoms with Crippen molar-refractivity contribution in [3.63, 3.8) is 0 Å². The molecule has 0 bridgehead atoms. The van der Waals surface area contributed by atoms with Crippen molar-refractivity contribution in [3.05, 3.63) is 46.0 Å². The van der Waals surface area contributed by atoms with Crippen molar-refractivity contribution in [2.24, 2.45) is 5.92 Å². The minimum atomic E-state index is -0.170. The molecule has 1 aromatic rings. The zero-order valence-corrected chi connectivity index (χ0v) is 17.9. The zero-order valence-electron chi connectivity index (χ0n) is 17.9. The van der Waals surface area contributed by atoms with Crippen LogP contribution in [0.15, 0.2) is 23.8 Å². The molecule has 27 heavy (non-hydrogen) atoms. The minimum Gasteiger partial charge on any atom is -0.463 e. The second kappa shape index (κ2) is 5.96. The Labute approximate surface area is 164 Å². The van der Waals surface area contributed by atoms with E-state index in [4.69, 9.17) is 4.74 Å². The molecule has 0 radical (unpaired) electrons. The average molecular weight is 367 g/mol. The molecule has 4 rings (SSSR count). The lowest BCUT2D eigenvalue weighted by molar-refractivity contribution is -0.137. The Kier molecular flexibility index (Phi) is 4.15. The number of allylic oxidation sites excluding steroid dienone is 1. The molecule has 1 aromatic carbocycles. The first-order chi connectivity index (χ1) is 12.6. The lowest BCUT2D eigenvalue weighted by Crippen LogP contribution is -2.34. The van der Waals surface area contributed by atoms with Crippen LogP contribution >= 0.6 is 0 Å². The fourth-order valence-electron chi connectivity index (χ4n) is 5.86. The van der Waals surface area contributed by atoms with Gasteiger partial charge in [-0.05, 0) is 85.0 Å². The quantitative estimate of drug-likeness (QED) is 0.493. The van der Waals surface area contributed by atoms with E-state index in [0.717, 1.165) is 6.42 Å². The predicted octanol–water partition coefficient (Wildman–Crippen LogP) is 5.89. The van der Waals surface area contributed by atoms with Crippen LogP contribution in [0.4, 0.5) is 0 Å². The van der Waals surface area contributed by atoms with E-state index in [9.17, 15) is 4.79 Å². The number of hydrogen-bond donors (Lipinski definition) is 0. The highest BCUT2D eigenvalue weighted by Crippen LogP contribution is 2.68. The summed E-state index contributed by atoms with van der Waals surface area (Å²) in [5.41, 5.74) is 7.81. The lowest BCUT2D eigenvalue weighted by atomic mass is 9.62. The third kappa shape index (κ3) is 2.79. The van der Waals surface area contributed by atoms with Crippen LogP contribution in [-0.2, 0) is 25.8 Å². The first kappa shape index (κ1) is 18.8. The number of esters is 1. The normalized spacial score (nSPS) is 31.3. The van der Waals surface area contributed by atoms with Crippen molar-refractivity contribution in [1.82, 2.24) is 0 Å². The van der Waals surface area contributed by atoms with Gasteiger partial charge in [-0.3, -0.25) is 0 Å². The summed E-state index contributed by atoms with van der Waals surface area (Å²) < 4.78 is 5.22. The van der Waals surface area contributed by atoms with E-state index < -0.39 is 0 Å². The van der Waals surface area contributed by atoms with Crippen LogP contribution in [0.3, 0.4) is 0 Å². The Hall–Kier alpha value is -1.57. The van der Waals surface area contributed by atoms with Crippen LogP contribution in [0, 0.1) is 12.8 Å². The Bertz CT molecular complexity index is 827. The van der Waals surface area contributed by atoms with E-state index in [1.807, 2.05) is 13.0 Å². The van der Waals surface area contributed by atoms with Crippen LogP contribution in [0.1, 0.15) is 89.0 Å². The highest BCUT2D eigenvalue weighted by atomic mass is 16.5. The molecule has 0 saturated heterocycles. The van der Waals surface area contributed by atoms with Crippen molar-refractivity contribution < 1.29 is 9.53 Å². The van der Waals surface area contributed by atoms with Gasteiger partial charge in [-0.2, -0.15) is 0 Å². The largest absolute Gasteiger partial charge is 0.463 e. The molecule has 146 valence electrons. The first-order valence-corrected chi connectivity index (χ1v) is 10.7. The van der Waals surface area contributed by atoms with Gasteiger partial charge in [-0.25, -0.2) is 4.79 Å². The second-order valence-electron chi connectivity index (χ2n) is 10.3. The van der Waals surface area contributed by atoms with Crippen molar-refractivity contribution in [3.8, 4) is 0 Å². The van der Waals surface area contributed by atoms with Gasteiger partial charge in [-0.1, -0.05) is 45.4 Å². The molecular formula is C25H34O2. The van der Waals surface area contributed by atoms with Crippen molar-refractivity contribution in [1.29, 1.82) is 0 Å². The Balaban J connectivity index is 1.83. The highest BCUT2D eigenvalue weighted by molar-refractivity contribution is 5.84.